The highest BCUT2D eigenvalue weighted by molar-refractivity contribution is 5.85. The van der Waals surface area contributed by atoms with Crippen LogP contribution in [0.1, 0.15) is 49.8 Å². The molecular weight excluding hydrogens is 388 g/mol. The van der Waals surface area contributed by atoms with E-state index in [1.807, 2.05) is 30.3 Å². The number of hydrogen-bond donors (Lipinski definition) is 0. The Kier molecular flexibility index (Phi) is 8.95. The molecule has 1 heterocycles. The normalized spacial score (nSPS) is 13.8. The van der Waals surface area contributed by atoms with E-state index in [2.05, 4.69) is 18.7 Å². The lowest BCUT2D eigenvalue weighted by Gasteiger charge is -2.27. The van der Waals surface area contributed by atoms with Crippen molar-refractivity contribution in [1.29, 1.82) is 0 Å². The van der Waals surface area contributed by atoms with Crippen LogP contribution in [0.25, 0.3) is 0 Å². The second kappa shape index (κ2) is 12.1. The van der Waals surface area contributed by atoms with E-state index in [1.54, 1.807) is 22.1 Å². The minimum atomic E-state index is -0.0663. The van der Waals surface area contributed by atoms with E-state index in [0.717, 1.165) is 18.6 Å². The molecule has 166 valence electrons. The highest BCUT2D eigenvalue weighted by atomic mass is 16.3. The van der Waals surface area contributed by atoms with E-state index in [0.29, 0.717) is 32.0 Å². The Labute approximate surface area is 185 Å². The molecule has 1 aliphatic carbocycles. The van der Waals surface area contributed by atoms with E-state index < -0.39 is 0 Å². The highest BCUT2D eigenvalue weighted by Gasteiger charge is 2.23. The quantitative estimate of drug-likeness (QED) is 0.460. The largest absolute Gasteiger partial charge is 0.467 e. The van der Waals surface area contributed by atoms with Gasteiger partial charge in [-0.3, -0.25) is 9.59 Å². The monoisotopic (exact) mass is 422 g/mol. The van der Waals surface area contributed by atoms with Crippen LogP contribution in [0.4, 0.5) is 0 Å². The maximum absolute atomic E-state index is 13.2. The number of benzene rings is 1. The van der Waals surface area contributed by atoms with Crippen molar-refractivity contribution in [3.63, 3.8) is 0 Å². The number of carbonyl (C=O) groups excluding carboxylic acids is 2. The van der Waals surface area contributed by atoms with Crippen LogP contribution < -0.4 is 0 Å². The van der Waals surface area contributed by atoms with Gasteiger partial charge < -0.3 is 14.2 Å². The van der Waals surface area contributed by atoms with E-state index in [1.165, 1.54) is 31.2 Å². The lowest BCUT2D eigenvalue weighted by atomic mass is 10.0. The van der Waals surface area contributed by atoms with Gasteiger partial charge in [-0.2, -0.15) is 0 Å². The number of carbonyl (C=O) groups is 2. The van der Waals surface area contributed by atoms with Crippen LogP contribution in [-0.4, -0.2) is 41.2 Å². The third-order valence-corrected chi connectivity index (χ3v) is 6.06. The molecule has 2 amide bonds. The molecule has 3 rings (SSSR count). The van der Waals surface area contributed by atoms with Gasteiger partial charge >= 0.3 is 0 Å². The molecule has 0 bridgehead atoms. The first-order chi connectivity index (χ1) is 15.2. The topological polar surface area (TPSA) is 53.8 Å². The van der Waals surface area contributed by atoms with Crippen molar-refractivity contribution in [2.45, 2.75) is 51.5 Å². The van der Waals surface area contributed by atoms with Crippen LogP contribution in [0.3, 0.4) is 0 Å². The molecule has 2 aromatic rings. The van der Waals surface area contributed by atoms with Gasteiger partial charge in [-0.15, -0.1) is 6.58 Å². The molecule has 1 aromatic heterocycles. The predicted molar refractivity (Wildman–Crippen MR) is 122 cm³/mol. The Morgan fingerprint density at radius 3 is 2.48 bits per heavy atom. The molecule has 0 radical (unpaired) electrons. The number of amides is 2. The van der Waals surface area contributed by atoms with Gasteiger partial charge in [-0.25, -0.2) is 0 Å². The number of furan rings is 1. The molecule has 5 nitrogen and oxygen atoms in total. The maximum atomic E-state index is 13.2. The molecule has 1 saturated carbocycles. The second-order valence-electron chi connectivity index (χ2n) is 8.38. The first kappa shape index (κ1) is 22.9. The zero-order valence-corrected chi connectivity index (χ0v) is 18.4. The van der Waals surface area contributed by atoms with Gasteiger partial charge in [0.1, 0.15) is 12.3 Å². The van der Waals surface area contributed by atoms with Crippen LogP contribution in [0.15, 0.2) is 65.8 Å². The zero-order valence-electron chi connectivity index (χ0n) is 18.4. The summed E-state index contributed by atoms with van der Waals surface area (Å²) in [5.41, 5.74) is 1.18. The lowest BCUT2D eigenvalue weighted by Crippen LogP contribution is -2.43. The van der Waals surface area contributed by atoms with E-state index >= 15 is 0 Å². The molecular formula is C26H34N2O3. The van der Waals surface area contributed by atoms with Crippen molar-refractivity contribution in [3.05, 3.63) is 72.7 Å². The standard InChI is InChI=1S/C26H34N2O3/c1-2-17-27(25(29)15-14-22-11-6-7-12-22)21-26(30)28(20-24-13-8-19-31-24)18-16-23-9-4-3-5-10-23/h2-5,8-10,13,19,22H,1,6-7,11-12,14-18,20-21H2. The molecule has 0 unspecified atom stereocenters. The van der Waals surface area contributed by atoms with Crippen molar-refractivity contribution < 1.29 is 14.0 Å². The summed E-state index contributed by atoms with van der Waals surface area (Å²) in [5, 5.41) is 0. The minimum Gasteiger partial charge on any atom is -0.467 e. The highest BCUT2D eigenvalue weighted by Crippen LogP contribution is 2.28. The maximum Gasteiger partial charge on any atom is 0.242 e. The third-order valence-electron chi connectivity index (χ3n) is 6.06. The lowest BCUT2D eigenvalue weighted by molar-refractivity contribution is -0.140. The second-order valence-corrected chi connectivity index (χ2v) is 8.38. The minimum absolute atomic E-state index is 0.0427. The Balaban J connectivity index is 1.60. The van der Waals surface area contributed by atoms with Crippen molar-refractivity contribution in [1.82, 2.24) is 9.80 Å². The fourth-order valence-corrected chi connectivity index (χ4v) is 4.25. The summed E-state index contributed by atoms with van der Waals surface area (Å²) in [6.45, 7) is 5.21. The van der Waals surface area contributed by atoms with Crippen LogP contribution in [0.5, 0.6) is 0 Å². The summed E-state index contributed by atoms with van der Waals surface area (Å²) in [6, 6.07) is 13.8. The van der Waals surface area contributed by atoms with Crippen molar-refractivity contribution >= 4 is 11.8 Å². The molecule has 0 atom stereocenters. The fraction of sp³-hybridized carbons (Fsp3) is 0.462. The number of hydrogen-bond acceptors (Lipinski definition) is 3. The van der Waals surface area contributed by atoms with Gasteiger partial charge in [0.25, 0.3) is 0 Å². The Hall–Kier alpha value is -2.82. The number of nitrogens with zero attached hydrogens (tertiary/aromatic N) is 2. The molecule has 0 N–H and O–H groups in total. The van der Waals surface area contributed by atoms with Crippen molar-refractivity contribution in [2.75, 3.05) is 19.6 Å². The summed E-state index contributed by atoms with van der Waals surface area (Å²) in [7, 11) is 0. The van der Waals surface area contributed by atoms with Gasteiger partial charge in [-0.05, 0) is 36.5 Å². The molecule has 31 heavy (non-hydrogen) atoms. The average Bonchev–Trinajstić information content (AvgIpc) is 3.49. The van der Waals surface area contributed by atoms with Gasteiger partial charge in [0.05, 0.1) is 12.8 Å². The van der Waals surface area contributed by atoms with E-state index in [4.69, 9.17) is 4.42 Å². The summed E-state index contributed by atoms with van der Waals surface area (Å²) < 4.78 is 5.47. The zero-order chi connectivity index (χ0) is 21.9. The van der Waals surface area contributed by atoms with Crippen molar-refractivity contribution in [2.24, 2.45) is 5.92 Å². The van der Waals surface area contributed by atoms with Crippen LogP contribution in [0.2, 0.25) is 0 Å². The van der Waals surface area contributed by atoms with E-state index in [9.17, 15) is 9.59 Å². The SMILES string of the molecule is C=CCN(CC(=O)N(CCc1ccccc1)Cc1ccco1)C(=O)CCC1CCCC1. The van der Waals surface area contributed by atoms with Crippen molar-refractivity contribution in [3.8, 4) is 0 Å². The smallest absolute Gasteiger partial charge is 0.242 e. The summed E-state index contributed by atoms with van der Waals surface area (Å²) >= 11 is 0. The fourth-order valence-electron chi connectivity index (χ4n) is 4.25. The van der Waals surface area contributed by atoms with Crippen LogP contribution in [0, 0.1) is 5.92 Å². The molecule has 5 heteroatoms. The molecule has 1 fully saturated rings. The van der Waals surface area contributed by atoms with Gasteiger partial charge in [0.15, 0.2) is 0 Å². The summed E-state index contributed by atoms with van der Waals surface area (Å²) in [5.74, 6) is 1.38. The summed E-state index contributed by atoms with van der Waals surface area (Å²) in [6.07, 6.45) is 10.5. The molecule has 1 aliphatic rings. The third kappa shape index (κ3) is 7.42. The molecule has 0 spiro atoms. The van der Waals surface area contributed by atoms with Gasteiger partial charge in [-0.1, -0.05) is 62.1 Å². The van der Waals surface area contributed by atoms with E-state index in [-0.39, 0.29) is 18.4 Å². The van der Waals surface area contributed by atoms with Gasteiger partial charge in [0, 0.05) is 19.5 Å². The van der Waals surface area contributed by atoms with Crippen LogP contribution in [-0.2, 0) is 22.6 Å². The Bertz CT molecular complexity index is 810. The Morgan fingerprint density at radius 2 is 1.81 bits per heavy atom. The molecule has 1 aromatic carbocycles. The molecule has 0 aliphatic heterocycles. The number of rotatable bonds is 12. The first-order valence-corrected chi connectivity index (χ1v) is 11.4. The summed E-state index contributed by atoms with van der Waals surface area (Å²) in [4.78, 5) is 29.5. The van der Waals surface area contributed by atoms with Crippen LogP contribution >= 0.6 is 0 Å². The average molecular weight is 423 g/mol. The first-order valence-electron chi connectivity index (χ1n) is 11.4. The molecule has 0 saturated heterocycles. The Morgan fingerprint density at radius 1 is 1.03 bits per heavy atom. The predicted octanol–water partition coefficient (Wildman–Crippen LogP) is 4.84. The van der Waals surface area contributed by atoms with Gasteiger partial charge in [0.2, 0.25) is 11.8 Å².